The van der Waals surface area contributed by atoms with Crippen molar-refractivity contribution < 1.29 is 13.2 Å². The van der Waals surface area contributed by atoms with Gasteiger partial charge in [0, 0.05) is 0 Å². The SMILES string of the molecule is CC/C=C/CCC1CCC(C2CCC(CCc3cc(F)c(F)c(F)c3)CC2)CC1. The topological polar surface area (TPSA) is 0 Å². The van der Waals surface area contributed by atoms with Crippen LogP contribution < -0.4 is 0 Å². The Balaban J connectivity index is 1.35. The first-order valence-electron chi connectivity index (χ1n) is 11.8. The van der Waals surface area contributed by atoms with Crippen molar-refractivity contribution >= 4 is 0 Å². The normalized spacial score (nSPS) is 28.1. The van der Waals surface area contributed by atoms with Crippen molar-refractivity contribution in [3.05, 3.63) is 47.3 Å². The molecule has 0 nitrogen and oxygen atoms in total. The van der Waals surface area contributed by atoms with Crippen LogP contribution in [0.15, 0.2) is 24.3 Å². The van der Waals surface area contributed by atoms with Crippen molar-refractivity contribution in [3.63, 3.8) is 0 Å². The average molecular weight is 407 g/mol. The number of aryl methyl sites for hydroxylation is 1. The lowest BCUT2D eigenvalue weighted by molar-refractivity contribution is 0.141. The number of halogens is 3. The first kappa shape index (κ1) is 22.4. The van der Waals surface area contributed by atoms with Gasteiger partial charge in [0.1, 0.15) is 0 Å². The van der Waals surface area contributed by atoms with Gasteiger partial charge in [0.15, 0.2) is 17.5 Å². The fraction of sp³-hybridized carbons (Fsp3) is 0.692. The third kappa shape index (κ3) is 6.62. The molecule has 2 fully saturated rings. The molecule has 0 unspecified atom stereocenters. The minimum atomic E-state index is -1.36. The molecule has 0 radical (unpaired) electrons. The third-order valence-electron chi connectivity index (χ3n) is 7.48. The number of allylic oxidation sites excluding steroid dienone is 2. The van der Waals surface area contributed by atoms with E-state index in [1.54, 1.807) is 0 Å². The maximum atomic E-state index is 13.4. The second-order valence-corrected chi connectivity index (χ2v) is 9.43. The van der Waals surface area contributed by atoms with E-state index < -0.39 is 17.5 Å². The molecule has 0 atom stereocenters. The molecule has 3 rings (SSSR count). The molecule has 29 heavy (non-hydrogen) atoms. The fourth-order valence-electron chi connectivity index (χ4n) is 5.64. The van der Waals surface area contributed by atoms with Gasteiger partial charge in [-0.2, -0.15) is 0 Å². The molecule has 1 aromatic rings. The predicted octanol–water partition coefficient (Wildman–Crippen LogP) is 8.40. The van der Waals surface area contributed by atoms with Crippen LogP contribution in [0.2, 0.25) is 0 Å². The van der Waals surface area contributed by atoms with Crippen LogP contribution >= 0.6 is 0 Å². The van der Waals surface area contributed by atoms with E-state index in [4.69, 9.17) is 0 Å². The molecule has 3 heteroatoms. The van der Waals surface area contributed by atoms with Crippen LogP contribution in [0.5, 0.6) is 0 Å². The lowest BCUT2D eigenvalue weighted by atomic mass is 9.68. The molecule has 0 spiro atoms. The quantitative estimate of drug-likeness (QED) is 0.300. The van der Waals surface area contributed by atoms with Crippen LogP contribution in [0.3, 0.4) is 0 Å². The summed E-state index contributed by atoms with van der Waals surface area (Å²) in [6, 6.07) is 2.31. The largest absolute Gasteiger partial charge is 0.204 e. The number of rotatable bonds is 8. The van der Waals surface area contributed by atoms with E-state index in [1.165, 1.54) is 64.2 Å². The Morgan fingerprint density at radius 3 is 1.79 bits per heavy atom. The lowest BCUT2D eigenvalue weighted by Gasteiger charge is -2.38. The Morgan fingerprint density at radius 2 is 1.28 bits per heavy atom. The predicted molar refractivity (Wildman–Crippen MR) is 114 cm³/mol. The van der Waals surface area contributed by atoms with Gasteiger partial charge in [-0.3, -0.25) is 0 Å². The summed E-state index contributed by atoms with van der Waals surface area (Å²) in [6.07, 6.45) is 20.7. The van der Waals surface area contributed by atoms with Gasteiger partial charge in [-0.1, -0.05) is 44.8 Å². The molecule has 1 aromatic carbocycles. The minimum Gasteiger partial charge on any atom is -0.204 e. The van der Waals surface area contributed by atoms with Crippen LogP contribution in [-0.2, 0) is 6.42 Å². The van der Waals surface area contributed by atoms with Crippen molar-refractivity contribution in [2.75, 3.05) is 0 Å². The first-order valence-corrected chi connectivity index (χ1v) is 11.8. The highest BCUT2D eigenvalue weighted by atomic mass is 19.2. The Hall–Kier alpha value is -1.25. The number of benzene rings is 1. The summed E-state index contributed by atoms with van der Waals surface area (Å²) in [5.41, 5.74) is 0.579. The molecule has 0 aliphatic heterocycles. The maximum Gasteiger partial charge on any atom is 0.194 e. The van der Waals surface area contributed by atoms with Gasteiger partial charge >= 0.3 is 0 Å². The molecule has 2 saturated carbocycles. The van der Waals surface area contributed by atoms with Gasteiger partial charge in [-0.15, -0.1) is 0 Å². The van der Waals surface area contributed by atoms with Crippen LogP contribution in [0.1, 0.15) is 89.5 Å². The molecule has 0 amide bonds. The Labute approximate surface area is 175 Å². The summed E-state index contributed by atoms with van der Waals surface area (Å²) in [7, 11) is 0. The van der Waals surface area contributed by atoms with E-state index in [0.29, 0.717) is 17.9 Å². The Bertz CT molecular complexity index is 627. The van der Waals surface area contributed by atoms with E-state index >= 15 is 0 Å². The zero-order valence-electron chi connectivity index (χ0n) is 17.9. The maximum absolute atomic E-state index is 13.4. The highest BCUT2D eigenvalue weighted by molar-refractivity contribution is 5.19. The highest BCUT2D eigenvalue weighted by Gasteiger charge is 2.30. The van der Waals surface area contributed by atoms with Gasteiger partial charge in [0.25, 0.3) is 0 Å². The monoisotopic (exact) mass is 406 g/mol. The smallest absolute Gasteiger partial charge is 0.194 e. The Kier molecular flexibility index (Phi) is 8.68. The molecule has 0 N–H and O–H groups in total. The molecular formula is C26H37F3. The van der Waals surface area contributed by atoms with E-state index in [2.05, 4.69) is 19.1 Å². The third-order valence-corrected chi connectivity index (χ3v) is 7.48. The van der Waals surface area contributed by atoms with Gasteiger partial charge in [0.05, 0.1) is 0 Å². The second kappa shape index (κ2) is 11.2. The molecule has 162 valence electrons. The van der Waals surface area contributed by atoms with Crippen LogP contribution in [0.4, 0.5) is 13.2 Å². The zero-order valence-corrected chi connectivity index (χ0v) is 17.9. The van der Waals surface area contributed by atoms with Gasteiger partial charge in [-0.25, -0.2) is 13.2 Å². The van der Waals surface area contributed by atoms with Crippen LogP contribution in [0.25, 0.3) is 0 Å². The van der Waals surface area contributed by atoms with E-state index in [-0.39, 0.29) is 0 Å². The summed E-state index contributed by atoms with van der Waals surface area (Å²) in [6.45, 7) is 2.19. The standard InChI is InChI=1S/C26H37F3/c1-2-3-4-5-6-19-9-13-22(14-10-19)23-15-11-20(12-16-23)7-8-21-17-24(27)26(29)25(28)18-21/h3-4,17-20,22-23H,2,5-16H2,1H3/b4-3+. The molecule has 0 aromatic heterocycles. The molecule has 0 saturated heterocycles. The van der Waals surface area contributed by atoms with Crippen molar-refractivity contribution in [2.24, 2.45) is 23.7 Å². The van der Waals surface area contributed by atoms with Gasteiger partial charge in [0.2, 0.25) is 0 Å². The fourth-order valence-corrected chi connectivity index (χ4v) is 5.64. The summed E-state index contributed by atoms with van der Waals surface area (Å²) >= 11 is 0. The Morgan fingerprint density at radius 1 is 0.759 bits per heavy atom. The lowest BCUT2D eigenvalue weighted by Crippen LogP contribution is -2.26. The van der Waals surface area contributed by atoms with Gasteiger partial charge in [-0.05, 0) is 99.2 Å². The number of hydrogen-bond acceptors (Lipinski definition) is 0. The van der Waals surface area contributed by atoms with Crippen LogP contribution in [0, 0.1) is 41.1 Å². The summed E-state index contributed by atoms with van der Waals surface area (Å²) in [5.74, 6) is -0.126. The molecule has 0 heterocycles. The second-order valence-electron chi connectivity index (χ2n) is 9.43. The summed E-state index contributed by atoms with van der Waals surface area (Å²) < 4.78 is 39.8. The summed E-state index contributed by atoms with van der Waals surface area (Å²) in [5, 5.41) is 0. The van der Waals surface area contributed by atoms with E-state index in [9.17, 15) is 13.2 Å². The highest BCUT2D eigenvalue weighted by Crippen LogP contribution is 2.43. The van der Waals surface area contributed by atoms with Crippen molar-refractivity contribution in [1.29, 1.82) is 0 Å². The van der Waals surface area contributed by atoms with Crippen molar-refractivity contribution in [3.8, 4) is 0 Å². The molecule has 2 aliphatic rings. The molecule has 0 bridgehead atoms. The summed E-state index contributed by atoms with van der Waals surface area (Å²) in [4.78, 5) is 0. The molecular weight excluding hydrogens is 369 g/mol. The van der Waals surface area contributed by atoms with Crippen molar-refractivity contribution in [1.82, 2.24) is 0 Å². The van der Waals surface area contributed by atoms with E-state index in [1.807, 2.05) is 0 Å². The van der Waals surface area contributed by atoms with E-state index in [0.717, 1.165) is 42.7 Å². The van der Waals surface area contributed by atoms with Crippen molar-refractivity contribution in [2.45, 2.75) is 90.4 Å². The zero-order chi connectivity index (χ0) is 20.6. The minimum absolute atomic E-state index is 0.579. The average Bonchev–Trinajstić information content (AvgIpc) is 2.74. The molecule has 2 aliphatic carbocycles. The number of hydrogen-bond donors (Lipinski definition) is 0. The van der Waals surface area contributed by atoms with Gasteiger partial charge < -0.3 is 0 Å². The first-order chi connectivity index (χ1) is 14.1. The van der Waals surface area contributed by atoms with Crippen LogP contribution in [-0.4, -0.2) is 0 Å².